The number of hydrogen-bond acceptors (Lipinski definition) is 4. The number of ether oxygens (including phenoxy) is 1. The monoisotopic (exact) mass is 382 g/mol. The van der Waals surface area contributed by atoms with Gasteiger partial charge in [-0.2, -0.15) is 0 Å². The van der Waals surface area contributed by atoms with Gasteiger partial charge in [0, 0.05) is 17.8 Å². The Balaban J connectivity index is 1.82. The number of amides is 1. The van der Waals surface area contributed by atoms with Gasteiger partial charge in [-0.3, -0.25) is 14.9 Å². The summed E-state index contributed by atoms with van der Waals surface area (Å²) in [6.07, 6.45) is 4.60. The molecule has 0 saturated heterocycles. The van der Waals surface area contributed by atoms with Gasteiger partial charge in [-0.15, -0.1) is 0 Å². The first-order chi connectivity index (χ1) is 13.4. The Bertz CT molecular complexity index is 823. The van der Waals surface area contributed by atoms with Crippen molar-refractivity contribution in [2.45, 2.75) is 57.5 Å². The predicted octanol–water partition coefficient (Wildman–Crippen LogP) is 5.22. The van der Waals surface area contributed by atoms with Gasteiger partial charge in [0.15, 0.2) is 0 Å². The molecule has 1 aliphatic rings. The third-order valence-corrected chi connectivity index (χ3v) is 5.26. The lowest BCUT2D eigenvalue weighted by Crippen LogP contribution is -2.42. The van der Waals surface area contributed by atoms with Crippen LogP contribution in [0.4, 0.5) is 11.4 Å². The minimum absolute atomic E-state index is 0.0378. The van der Waals surface area contributed by atoms with Crippen molar-refractivity contribution in [2.24, 2.45) is 0 Å². The summed E-state index contributed by atoms with van der Waals surface area (Å²) >= 11 is 0. The molecular weight excluding hydrogens is 356 g/mol. The molecule has 28 heavy (non-hydrogen) atoms. The summed E-state index contributed by atoms with van der Waals surface area (Å²) in [5.41, 5.74) is 0.944. The maximum atomic E-state index is 13.3. The van der Waals surface area contributed by atoms with Crippen LogP contribution in [0.5, 0.6) is 5.75 Å². The highest BCUT2D eigenvalue weighted by Gasteiger charge is 2.41. The number of hydrogen-bond donors (Lipinski definition) is 1. The number of rotatable bonds is 6. The van der Waals surface area contributed by atoms with Crippen molar-refractivity contribution < 1.29 is 14.5 Å². The van der Waals surface area contributed by atoms with Gasteiger partial charge >= 0.3 is 0 Å². The van der Waals surface area contributed by atoms with Gasteiger partial charge in [-0.25, -0.2) is 0 Å². The Hall–Kier alpha value is -2.89. The molecule has 2 aromatic rings. The normalized spacial score (nSPS) is 15.8. The number of nitro groups is 1. The number of carbonyl (C=O) groups is 1. The Morgan fingerprint density at radius 2 is 1.64 bits per heavy atom. The van der Waals surface area contributed by atoms with E-state index in [0.29, 0.717) is 5.69 Å². The molecule has 148 valence electrons. The van der Waals surface area contributed by atoms with Crippen LogP contribution in [0.1, 0.15) is 51.5 Å². The molecule has 0 aromatic heterocycles. The van der Waals surface area contributed by atoms with Gasteiger partial charge < -0.3 is 10.1 Å². The number of nitro benzene ring substituents is 1. The molecule has 1 N–H and O–H groups in total. The third kappa shape index (κ3) is 4.32. The summed E-state index contributed by atoms with van der Waals surface area (Å²) in [6.45, 7) is 3.93. The fourth-order valence-corrected chi connectivity index (χ4v) is 3.84. The molecule has 6 heteroatoms. The minimum atomic E-state index is -0.652. The van der Waals surface area contributed by atoms with Crippen molar-refractivity contribution in [3.8, 4) is 5.75 Å². The fraction of sp³-hybridized carbons (Fsp3) is 0.409. The van der Waals surface area contributed by atoms with Gasteiger partial charge in [0.1, 0.15) is 5.75 Å². The highest BCUT2D eigenvalue weighted by Crippen LogP contribution is 2.41. The molecule has 1 amide bonds. The van der Waals surface area contributed by atoms with Gasteiger partial charge in [0.25, 0.3) is 5.69 Å². The molecule has 0 radical (unpaired) electrons. The molecule has 0 unspecified atom stereocenters. The second-order valence-corrected chi connectivity index (χ2v) is 7.59. The first kappa shape index (κ1) is 19.9. The fourth-order valence-electron chi connectivity index (χ4n) is 3.84. The summed E-state index contributed by atoms with van der Waals surface area (Å²) in [5, 5.41) is 14.0. The number of nitrogens with one attached hydrogen (secondary N) is 1. The molecular formula is C22H26N2O4. The van der Waals surface area contributed by atoms with Crippen LogP contribution >= 0.6 is 0 Å². The van der Waals surface area contributed by atoms with Crippen molar-refractivity contribution in [2.75, 3.05) is 5.32 Å². The van der Waals surface area contributed by atoms with E-state index >= 15 is 0 Å². The van der Waals surface area contributed by atoms with Crippen molar-refractivity contribution in [1.29, 1.82) is 0 Å². The Labute approximate surface area is 165 Å². The first-order valence-corrected chi connectivity index (χ1v) is 9.74. The maximum Gasteiger partial charge on any atom is 0.269 e. The molecule has 3 rings (SSSR count). The molecule has 6 nitrogen and oxygen atoms in total. The largest absolute Gasteiger partial charge is 0.491 e. The Morgan fingerprint density at radius 3 is 2.18 bits per heavy atom. The van der Waals surface area contributed by atoms with Gasteiger partial charge in [0.05, 0.1) is 16.4 Å². The summed E-state index contributed by atoms with van der Waals surface area (Å²) in [5.74, 6) is 0.703. The van der Waals surface area contributed by atoms with Crippen LogP contribution in [0.2, 0.25) is 0 Å². The summed E-state index contributed by atoms with van der Waals surface area (Å²) in [4.78, 5) is 23.8. The lowest BCUT2D eigenvalue weighted by atomic mass is 9.68. The van der Waals surface area contributed by atoms with E-state index < -0.39 is 10.3 Å². The van der Waals surface area contributed by atoms with Crippen LogP contribution in [0, 0.1) is 10.1 Å². The first-order valence-electron chi connectivity index (χ1n) is 9.74. The molecule has 0 heterocycles. The van der Waals surface area contributed by atoms with E-state index in [9.17, 15) is 14.9 Å². The van der Waals surface area contributed by atoms with E-state index in [1.165, 1.54) is 12.1 Å². The predicted molar refractivity (Wildman–Crippen MR) is 109 cm³/mol. The van der Waals surface area contributed by atoms with Crippen LogP contribution in [0.25, 0.3) is 0 Å². The van der Waals surface area contributed by atoms with Gasteiger partial charge in [-0.1, -0.05) is 31.4 Å². The lowest BCUT2D eigenvalue weighted by Gasteiger charge is -2.36. The second kappa shape index (κ2) is 8.42. The smallest absolute Gasteiger partial charge is 0.269 e. The van der Waals surface area contributed by atoms with E-state index in [1.807, 2.05) is 38.1 Å². The van der Waals surface area contributed by atoms with E-state index in [0.717, 1.165) is 43.4 Å². The highest BCUT2D eigenvalue weighted by atomic mass is 16.6. The minimum Gasteiger partial charge on any atom is -0.491 e. The Morgan fingerprint density at radius 1 is 1.04 bits per heavy atom. The molecule has 0 spiro atoms. The summed E-state index contributed by atoms with van der Waals surface area (Å²) in [7, 11) is 0. The van der Waals surface area contributed by atoms with Crippen molar-refractivity contribution >= 4 is 17.3 Å². The van der Waals surface area contributed by atoms with Gasteiger partial charge in [0.2, 0.25) is 5.91 Å². The number of nitrogens with zero attached hydrogens (tertiary/aromatic N) is 1. The van der Waals surface area contributed by atoms with Crippen molar-refractivity contribution in [1.82, 2.24) is 0 Å². The topological polar surface area (TPSA) is 81.5 Å². The second-order valence-electron chi connectivity index (χ2n) is 7.59. The quantitative estimate of drug-likeness (QED) is 0.548. The van der Waals surface area contributed by atoms with E-state index in [2.05, 4.69) is 5.32 Å². The zero-order valence-electron chi connectivity index (χ0n) is 16.3. The highest BCUT2D eigenvalue weighted by molar-refractivity contribution is 5.99. The molecule has 1 saturated carbocycles. The standard InChI is InChI=1S/C22H26N2O4/c1-16(2)28-20-12-8-18(9-13-20)23-21(25)22(14-4-3-5-15-22)17-6-10-19(11-7-17)24(26)27/h6-13,16H,3-5,14-15H2,1-2H3,(H,23,25). The molecule has 1 aliphatic carbocycles. The Kier molecular flexibility index (Phi) is 5.97. The average molecular weight is 382 g/mol. The van der Waals surface area contributed by atoms with E-state index in [-0.39, 0.29) is 17.7 Å². The van der Waals surface area contributed by atoms with Crippen molar-refractivity contribution in [3.63, 3.8) is 0 Å². The summed E-state index contributed by atoms with van der Waals surface area (Å²) < 4.78 is 5.64. The molecule has 1 fully saturated rings. The maximum absolute atomic E-state index is 13.3. The average Bonchev–Trinajstić information content (AvgIpc) is 2.69. The van der Waals surface area contributed by atoms with E-state index in [4.69, 9.17) is 4.74 Å². The van der Waals surface area contributed by atoms with Crippen LogP contribution in [-0.4, -0.2) is 16.9 Å². The number of benzene rings is 2. The SMILES string of the molecule is CC(C)Oc1ccc(NC(=O)C2(c3ccc([N+](=O)[O-])cc3)CCCCC2)cc1. The molecule has 2 aromatic carbocycles. The van der Waals surface area contributed by atoms with Gasteiger partial charge in [-0.05, 0) is 56.5 Å². The number of non-ortho nitro benzene ring substituents is 1. The van der Waals surface area contributed by atoms with Crippen LogP contribution < -0.4 is 10.1 Å². The zero-order valence-corrected chi connectivity index (χ0v) is 16.3. The number of carbonyl (C=O) groups excluding carboxylic acids is 1. The lowest BCUT2D eigenvalue weighted by molar-refractivity contribution is -0.384. The zero-order chi connectivity index (χ0) is 20.1. The number of anilines is 1. The molecule has 0 aliphatic heterocycles. The van der Waals surface area contributed by atoms with Crippen LogP contribution in [0.3, 0.4) is 0 Å². The molecule has 0 atom stereocenters. The molecule has 0 bridgehead atoms. The van der Waals surface area contributed by atoms with Crippen LogP contribution in [-0.2, 0) is 10.2 Å². The van der Waals surface area contributed by atoms with E-state index in [1.54, 1.807) is 12.1 Å². The summed E-state index contributed by atoms with van der Waals surface area (Å²) in [6, 6.07) is 13.8. The van der Waals surface area contributed by atoms with Crippen molar-refractivity contribution in [3.05, 3.63) is 64.2 Å². The third-order valence-electron chi connectivity index (χ3n) is 5.26. The van der Waals surface area contributed by atoms with Crippen LogP contribution in [0.15, 0.2) is 48.5 Å².